The number of rotatable bonds is 4. The molecule has 1 aromatic heterocycles. The van der Waals surface area contributed by atoms with E-state index in [4.69, 9.17) is 5.73 Å². The first-order chi connectivity index (χ1) is 8.13. The SMILES string of the molecule is C=CCN1C(N)=NCC1c1cnn(C(C)C)c1. The number of nitrogens with zero attached hydrogens (tertiary/aromatic N) is 4. The molecule has 92 valence electrons. The predicted octanol–water partition coefficient (Wildman–Crippen LogP) is 1.32. The van der Waals surface area contributed by atoms with E-state index in [0.717, 1.165) is 5.56 Å². The number of hydrogen-bond acceptors (Lipinski definition) is 4. The Morgan fingerprint density at radius 3 is 3.00 bits per heavy atom. The van der Waals surface area contributed by atoms with Gasteiger partial charge in [-0.15, -0.1) is 6.58 Å². The molecule has 0 fully saturated rings. The lowest BCUT2D eigenvalue weighted by atomic mass is 10.1. The fraction of sp³-hybridized carbons (Fsp3) is 0.500. The van der Waals surface area contributed by atoms with Crippen LogP contribution in [-0.4, -0.2) is 33.7 Å². The Hall–Kier alpha value is -1.78. The molecule has 0 spiro atoms. The van der Waals surface area contributed by atoms with Crippen LogP contribution in [0.5, 0.6) is 0 Å². The maximum atomic E-state index is 5.86. The molecule has 2 rings (SSSR count). The van der Waals surface area contributed by atoms with Gasteiger partial charge in [-0.05, 0) is 13.8 Å². The minimum Gasteiger partial charge on any atom is -0.370 e. The first-order valence-electron chi connectivity index (χ1n) is 5.85. The average molecular weight is 233 g/mol. The third-order valence-electron chi connectivity index (χ3n) is 2.96. The van der Waals surface area contributed by atoms with Gasteiger partial charge < -0.3 is 10.6 Å². The molecule has 0 saturated heterocycles. The Morgan fingerprint density at radius 2 is 2.41 bits per heavy atom. The zero-order valence-corrected chi connectivity index (χ0v) is 10.4. The zero-order chi connectivity index (χ0) is 12.4. The summed E-state index contributed by atoms with van der Waals surface area (Å²) in [5.74, 6) is 0.590. The van der Waals surface area contributed by atoms with Crippen LogP contribution in [0.15, 0.2) is 30.0 Å². The fourth-order valence-electron chi connectivity index (χ4n) is 1.98. The molecule has 0 aliphatic carbocycles. The van der Waals surface area contributed by atoms with Crippen molar-refractivity contribution in [3.63, 3.8) is 0 Å². The molecule has 1 atom stereocenters. The number of hydrogen-bond donors (Lipinski definition) is 1. The largest absolute Gasteiger partial charge is 0.370 e. The van der Waals surface area contributed by atoms with Crippen molar-refractivity contribution in [2.45, 2.75) is 25.9 Å². The van der Waals surface area contributed by atoms with Crippen LogP contribution in [0.2, 0.25) is 0 Å². The van der Waals surface area contributed by atoms with Gasteiger partial charge in [-0.25, -0.2) is 0 Å². The summed E-state index contributed by atoms with van der Waals surface area (Å²) in [6.45, 7) is 9.38. The average Bonchev–Trinajstić information content (AvgIpc) is 2.87. The first kappa shape index (κ1) is 11.7. The number of nitrogens with two attached hydrogens (primary N) is 1. The predicted molar refractivity (Wildman–Crippen MR) is 68.7 cm³/mol. The molecule has 1 aliphatic rings. The van der Waals surface area contributed by atoms with E-state index >= 15 is 0 Å². The van der Waals surface area contributed by atoms with Crippen molar-refractivity contribution >= 4 is 5.96 Å². The molecular weight excluding hydrogens is 214 g/mol. The maximum absolute atomic E-state index is 5.86. The molecule has 1 aliphatic heterocycles. The third kappa shape index (κ3) is 2.18. The molecule has 0 aromatic carbocycles. The minimum absolute atomic E-state index is 0.195. The molecule has 1 aromatic rings. The highest BCUT2D eigenvalue weighted by molar-refractivity contribution is 5.80. The van der Waals surface area contributed by atoms with Gasteiger partial charge >= 0.3 is 0 Å². The van der Waals surface area contributed by atoms with Crippen LogP contribution in [0.25, 0.3) is 0 Å². The van der Waals surface area contributed by atoms with Gasteiger partial charge in [0.2, 0.25) is 0 Å². The van der Waals surface area contributed by atoms with E-state index in [1.165, 1.54) is 0 Å². The van der Waals surface area contributed by atoms with Gasteiger partial charge in [0.1, 0.15) is 0 Å². The Kier molecular flexibility index (Phi) is 3.17. The van der Waals surface area contributed by atoms with Crippen LogP contribution >= 0.6 is 0 Å². The lowest BCUT2D eigenvalue weighted by molar-refractivity contribution is 0.380. The van der Waals surface area contributed by atoms with E-state index in [1.54, 1.807) is 0 Å². The quantitative estimate of drug-likeness (QED) is 0.798. The van der Waals surface area contributed by atoms with Crippen molar-refractivity contribution in [2.24, 2.45) is 10.7 Å². The van der Waals surface area contributed by atoms with Crippen molar-refractivity contribution in [2.75, 3.05) is 13.1 Å². The molecule has 5 heteroatoms. The van der Waals surface area contributed by atoms with Crippen LogP contribution in [-0.2, 0) is 0 Å². The van der Waals surface area contributed by atoms with Crippen LogP contribution < -0.4 is 5.73 Å². The molecule has 1 unspecified atom stereocenters. The van der Waals surface area contributed by atoms with Gasteiger partial charge in [0.15, 0.2) is 5.96 Å². The van der Waals surface area contributed by atoms with Crippen LogP contribution in [0, 0.1) is 0 Å². The summed E-state index contributed by atoms with van der Waals surface area (Å²) in [5.41, 5.74) is 7.02. The number of aliphatic imine (C=N–C) groups is 1. The van der Waals surface area contributed by atoms with Gasteiger partial charge in [-0.3, -0.25) is 9.67 Å². The fourth-order valence-corrected chi connectivity index (χ4v) is 1.98. The normalized spacial score (nSPS) is 19.8. The highest BCUT2D eigenvalue weighted by Crippen LogP contribution is 2.25. The van der Waals surface area contributed by atoms with Crippen LogP contribution in [0.4, 0.5) is 0 Å². The van der Waals surface area contributed by atoms with Crippen molar-refractivity contribution in [1.82, 2.24) is 14.7 Å². The smallest absolute Gasteiger partial charge is 0.192 e. The van der Waals surface area contributed by atoms with E-state index < -0.39 is 0 Å². The molecule has 2 heterocycles. The van der Waals surface area contributed by atoms with E-state index in [-0.39, 0.29) is 6.04 Å². The second-order valence-electron chi connectivity index (χ2n) is 4.50. The first-order valence-corrected chi connectivity index (χ1v) is 5.85. The molecule has 17 heavy (non-hydrogen) atoms. The lowest BCUT2D eigenvalue weighted by Crippen LogP contribution is -2.36. The summed E-state index contributed by atoms with van der Waals surface area (Å²) in [6.07, 6.45) is 5.81. The Labute approximate surface area is 102 Å². The highest BCUT2D eigenvalue weighted by Gasteiger charge is 2.27. The topological polar surface area (TPSA) is 59.4 Å². The second-order valence-corrected chi connectivity index (χ2v) is 4.50. The molecule has 0 amide bonds. The Morgan fingerprint density at radius 1 is 1.65 bits per heavy atom. The minimum atomic E-state index is 0.195. The maximum Gasteiger partial charge on any atom is 0.192 e. The van der Waals surface area contributed by atoms with Crippen molar-refractivity contribution in [3.8, 4) is 0 Å². The number of guanidine groups is 1. The molecule has 5 nitrogen and oxygen atoms in total. The van der Waals surface area contributed by atoms with Crippen molar-refractivity contribution in [1.29, 1.82) is 0 Å². The summed E-state index contributed by atoms with van der Waals surface area (Å²) in [5, 5.41) is 4.35. The van der Waals surface area contributed by atoms with E-state index in [9.17, 15) is 0 Å². The Bertz CT molecular complexity index is 432. The molecule has 0 radical (unpaired) electrons. The Balaban J connectivity index is 2.19. The highest BCUT2D eigenvalue weighted by atomic mass is 15.3. The monoisotopic (exact) mass is 233 g/mol. The standard InChI is InChI=1S/C12H19N5/c1-4-5-16-11(7-14-12(16)13)10-6-15-17(8-10)9(2)3/h4,6,8-9,11H,1,5,7H2,2-3H3,(H2,13,14). The summed E-state index contributed by atoms with van der Waals surface area (Å²) in [7, 11) is 0. The summed E-state index contributed by atoms with van der Waals surface area (Å²) in [4.78, 5) is 6.33. The number of aromatic nitrogens is 2. The summed E-state index contributed by atoms with van der Waals surface area (Å²) < 4.78 is 1.95. The van der Waals surface area contributed by atoms with Crippen molar-refractivity contribution < 1.29 is 0 Å². The van der Waals surface area contributed by atoms with E-state index in [2.05, 4.69) is 41.6 Å². The zero-order valence-electron chi connectivity index (χ0n) is 10.4. The van der Waals surface area contributed by atoms with E-state index in [0.29, 0.717) is 25.1 Å². The van der Waals surface area contributed by atoms with Crippen LogP contribution in [0.1, 0.15) is 31.5 Å². The van der Waals surface area contributed by atoms with Gasteiger partial charge in [0.25, 0.3) is 0 Å². The van der Waals surface area contributed by atoms with Crippen LogP contribution in [0.3, 0.4) is 0 Å². The van der Waals surface area contributed by atoms with Crippen molar-refractivity contribution in [3.05, 3.63) is 30.6 Å². The molecule has 2 N–H and O–H groups in total. The summed E-state index contributed by atoms with van der Waals surface area (Å²) >= 11 is 0. The lowest BCUT2D eigenvalue weighted by Gasteiger charge is -2.23. The van der Waals surface area contributed by atoms with Gasteiger partial charge in [-0.1, -0.05) is 6.08 Å². The van der Waals surface area contributed by atoms with Gasteiger partial charge in [0.05, 0.1) is 18.8 Å². The molecular formula is C12H19N5. The third-order valence-corrected chi connectivity index (χ3v) is 2.96. The van der Waals surface area contributed by atoms with Gasteiger partial charge in [0, 0.05) is 24.3 Å². The summed E-state index contributed by atoms with van der Waals surface area (Å²) in [6, 6.07) is 0.566. The van der Waals surface area contributed by atoms with Gasteiger partial charge in [-0.2, -0.15) is 5.10 Å². The molecule has 0 saturated carbocycles. The second kappa shape index (κ2) is 4.61. The molecule has 0 bridgehead atoms. The van der Waals surface area contributed by atoms with E-state index in [1.807, 2.05) is 17.0 Å².